The number of benzene rings is 2. The van der Waals surface area contributed by atoms with E-state index in [2.05, 4.69) is 0 Å². The molecule has 6 heteroatoms. The first-order valence-corrected chi connectivity index (χ1v) is 8.77. The predicted molar refractivity (Wildman–Crippen MR) is 99.7 cm³/mol. The van der Waals surface area contributed by atoms with Gasteiger partial charge in [-0.25, -0.2) is 4.39 Å². The zero-order chi connectivity index (χ0) is 18.5. The van der Waals surface area contributed by atoms with E-state index in [1.807, 2.05) is 42.2 Å². The van der Waals surface area contributed by atoms with Gasteiger partial charge in [-0.2, -0.15) is 0 Å². The van der Waals surface area contributed by atoms with E-state index in [1.54, 1.807) is 23.1 Å². The number of rotatable bonds is 3. The van der Waals surface area contributed by atoms with Crippen LogP contribution in [0, 0.1) is 5.82 Å². The van der Waals surface area contributed by atoms with Crippen molar-refractivity contribution in [2.45, 2.75) is 6.92 Å². The molecule has 0 radical (unpaired) electrons. The maximum absolute atomic E-state index is 13.9. The Bertz CT molecular complexity index is 774. The molecule has 0 bridgehead atoms. The number of carbonyl (C=O) groups is 2. The van der Waals surface area contributed by atoms with Crippen molar-refractivity contribution in [2.24, 2.45) is 0 Å². The molecule has 1 saturated heterocycles. The topological polar surface area (TPSA) is 43.9 Å². The van der Waals surface area contributed by atoms with Crippen molar-refractivity contribution in [3.05, 3.63) is 60.4 Å². The minimum absolute atomic E-state index is 0.274. The van der Waals surface area contributed by atoms with Crippen LogP contribution in [0.2, 0.25) is 0 Å². The Hall–Kier alpha value is -2.89. The molecular weight excluding hydrogens is 333 g/mol. The summed E-state index contributed by atoms with van der Waals surface area (Å²) in [7, 11) is 0. The maximum atomic E-state index is 13.9. The van der Waals surface area contributed by atoms with Crippen molar-refractivity contribution in [3.63, 3.8) is 0 Å². The summed E-state index contributed by atoms with van der Waals surface area (Å²) in [4.78, 5) is 30.2. The number of hydrogen-bond donors (Lipinski definition) is 0. The SMILES string of the molecule is CCN(C(=O)C(=O)N1CCN(c2ccccc2F)CC1)c1ccccc1. The van der Waals surface area contributed by atoms with E-state index < -0.39 is 11.8 Å². The standard InChI is InChI=1S/C20H22FN3O2/c1-2-24(16-8-4-3-5-9-16)20(26)19(25)23-14-12-22(13-15-23)18-11-7-6-10-17(18)21/h3-11H,2,12-15H2,1H3. The number of carbonyl (C=O) groups excluding carboxylic acids is 2. The molecule has 136 valence electrons. The van der Waals surface area contributed by atoms with Gasteiger partial charge in [0.1, 0.15) is 5.82 Å². The van der Waals surface area contributed by atoms with Gasteiger partial charge >= 0.3 is 11.8 Å². The Morgan fingerprint density at radius 2 is 1.58 bits per heavy atom. The molecule has 0 aromatic heterocycles. The third kappa shape index (κ3) is 3.69. The highest BCUT2D eigenvalue weighted by Gasteiger charge is 2.30. The summed E-state index contributed by atoms with van der Waals surface area (Å²) < 4.78 is 13.9. The fraction of sp³-hybridized carbons (Fsp3) is 0.300. The number of nitrogens with zero attached hydrogens (tertiary/aromatic N) is 3. The second-order valence-electron chi connectivity index (χ2n) is 6.12. The zero-order valence-electron chi connectivity index (χ0n) is 14.8. The van der Waals surface area contributed by atoms with Gasteiger partial charge in [0, 0.05) is 38.4 Å². The monoisotopic (exact) mass is 355 g/mol. The number of para-hydroxylation sites is 2. The second kappa shape index (κ2) is 7.99. The molecule has 1 aliphatic heterocycles. The number of piperazine rings is 1. The summed E-state index contributed by atoms with van der Waals surface area (Å²) in [6.45, 7) is 4.05. The lowest BCUT2D eigenvalue weighted by atomic mass is 10.2. The van der Waals surface area contributed by atoms with E-state index in [0.29, 0.717) is 44.1 Å². The Morgan fingerprint density at radius 3 is 2.19 bits per heavy atom. The highest BCUT2D eigenvalue weighted by atomic mass is 19.1. The van der Waals surface area contributed by atoms with Gasteiger partial charge in [-0.05, 0) is 31.2 Å². The zero-order valence-corrected chi connectivity index (χ0v) is 14.8. The average molecular weight is 355 g/mol. The average Bonchev–Trinajstić information content (AvgIpc) is 2.69. The lowest BCUT2D eigenvalue weighted by molar-refractivity contribution is -0.144. The molecule has 0 saturated carbocycles. The van der Waals surface area contributed by atoms with Gasteiger partial charge in [0.15, 0.2) is 0 Å². The van der Waals surface area contributed by atoms with Crippen LogP contribution in [-0.2, 0) is 9.59 Å². The smallest absolute Gasteiger partial charge is 0.316 e. The summed E-state index contributed by atoms with van der Waals surface area (Å²) in [5.74, 6) is -1.31. The van der Waals surface area contributed by atoms with Crippen LogP contribution >= 0.6 is 0 Å². The third-order valence-corrected chi connectivity index (χ3v) is 4.57. The lowest BCUT2D eigenvalue weighted by Crippen LogP contribution is -2.53. The molecule has 2 aromatic carbocycles. The molecule has 0 N–H and O–H groups in total. The van der Waals surface area contributed by atoms with Gasteiger partial charge in [-0.1, -0.05) is 30.3 Å². The molecule has 1 fully saturated rings. The summed E-state index contributed by atoms with van der Waals surface area (Å²) in [5.41, 5.74) is 1.24. The first kappa shape index (κ1) is 17.9. The van der Waals surface area contributed by atoms with Gasteiger partial charge in [0.05, 0.1) is 5.69 Å². The van der Waals surface area contributed by atoms with Crippen molar-refractivity contribution in [1.29, 1.82) is 0 Å². The molecule has 2 amide bonds. The van der Waals surface area contributed by atoms with Gasteiger partial charge in [0.2, 0.25) is 0 Å². The normalized spacial score (nSPS) is 14.2. The van der Waals surface area contributed by atoms with E-state index in [9.17, 15) is 14.0 Å². The van der Waals surface area contributed by atoms with E-state index >= 15 is 0 Å². The Balaban J connectivity index is 1.64. The molecule has 1 aliphatic rings. The first-order valence-electron chi connectivity index (χ1n) is 8.77. The second-order valence-corrected chi connectivity index (χ2v) is 6.12. The van der Waals surface area contributed by atoms with Crippen molar-refractivity contribution < 1.29 is 14.0 Å². The summed E-state index contributed by atoms with van der Waals surface area (Å²) >= 11 is 0. The molecule has 3 rings (SSSR count). The molecule has 0 unspecified atom stereocenters. The highest BCUT2D eigenvalue weighted by Crippen LogP contribution is 2.20. The molecule has 26 heavy (non-hydrogen) atoms. The number of amides is 2. The molecule has 0 spiro atoms. The van der Waals surface area contributed by atoms with Crippen molar-refractivity contribution in [2.75, 3.05) is 42.5 Å². The van der Waals surface area contributed by atoms with Gasteiger partial charge in [-0.15, -0.1) is 0 Å². The molecular formula is C20H22FN3O2. The summed E-state index contributed by atoms with van der Waals surface area (Å²) in [6.07, 6.45) is 0. The number of likely N-dealkylation sites (N-methyl/N-ethyl adjacent to an activating group) is 1. The fourth-order valence-corrected chi connectivity index (χ4v) is 3.16. The Labute approximate surface area is 152 Å². The fourth-order valence-electron chi connectivity index (χ4n) is 3.16. The molecule has 0 aliphatic carbocycles. The van der Waals surface area contributed by atoms with E-state index in [0.717, 1.165) is 0 Å². The van der Waals surface area contributed by atoms with Crippen molar-refractivity contribution in [1.82, 2.24) is 4.90 Å². The van der Waals surface area contributed by atoms with Gasteiger partial charge in [0.25, 0.3) is 0 Å². The number of hydrogen-bond acceptors (Lipinski definition) is 3. The summed E-state index contributed by atoms with van der Waals surface area (Å²) in [5, 5.41) is 0. The first-order chi connectivity index (χ1) is 12.6. The van der Waals surface area contributed by atoms with Crippen LogP contribution in [-0.4, -0.2) is 49.4 Å². The van der Waals surface area contributed by atoms with Crippen LogP contribution < -0.4 is 9.80 Å². The minimum atomic E-state index is -0.530. The van der Waals surface area contributed by atoms with Crippen LogP contribution in [0.3, 0.4) is 0 Å². The highest BCUT2D eigenvalue weighted by molar-refractivity contribution is 6.40. The molecule has 2 aromatic rings. The summed E-state index contributed by atoms with van der Waals surface area (Å²) in [6, 6.07) is 15.8. The quantitative estimate of drug-likeness (QED) is 0.795. The van der Waals surface area contributed by atoms with E-state index in [-0.39, 0.29) is 5.82 Å². The van der Waals surface area contributed by atoms with Crippen LogP contribution in [0.15, 0.2) is 54.6 Å². The third-order valence-electron chi connectivity index (χ3n) is 4.57. The van der Waals surface area contributed by atoms with E-state index in [1.165, 1.54) is 11.0 Å². The Kier molecular flexibility index (Phi) is 5.51. The Morgan fingerprint density at radius 1 is 0.962 bits per heavy atom. The van der Waals surface area contributed by atoms with Crippen molar-refractivity contribution >= 4 is 23.2 Å². The van der Waals surface area contributed by atoms with Crippen LogP contribution in [0.1, 0.15) is 6.92 Å². The van der Waals surface area contributed by atoms with Gasteiger partial charge < -0.3 is 14.7 Å². The molecule has 1 heterocycles. The predicted octanol–water partition coefficient (Wildman–Crippen LogP) is 2.53. The number of anilines is 2. The maximum Gasteiger partial charge on any atom is 0.316 e. The number of halogens is 1. The van der Waals surface area contributed by atoms with Crippen LogP contribution in [0.5, 0.6) is 0 Å². The molecule has 5 nitrogen and oxygen atoms in total. The molecule has 0 atom stereocenters. The van der Waals surface area contributed by atoms with E-state index in [4.69, 9.17) is 0 Å². The lowest BCUT2D eigenvalue weighted by Gasteiger charge is -2.36. The largest absolute Gasteiger partial charge is 0.366 e. The minimum Gasteiger partial charge on any atom is -0.366 e. The van der Waals surface area contributed by atoms with Crippen LogP contribution in [0.4, 0.5) is 15.8 Å². The van der Waals surface area contributed by atoms with Gasteiger partial charge in [-0.3, -0.25) is 9.59 Å². The van der Waals surface area contributed by atoms with Crippen molar-refractivity contribution in [3.8, 4) is 0 Å². The van der Waals surface area contributed by atoms with Crippen LogP contribution in [0.25, 0.3) is 0 Å².